The van der Waals surface area contributed by atoms with Gasteiger partial charge in [-0.25, -0.2) is 9.97 Å². The first-order valence-electron chi connectivity index (χ1n) is 6.81. The van der Waals surface area contributed by atoms with Crippen molar-refractivity contribution in [2.24, 2.45) is 0 Å². The highest BCUT2D eigenvalue weighted by Crippen LogP contribution is 2.34. The lowest BCUT2D eigenvalue weighted by Gasteiger charge is -2.36. The zero-order valence-electron chi connectivity index (χ0n) is 11.4. The Morgan fingerprint density at radius 3 is 2.89 bits per heavy atom. The minimum atomic E-state index is 0.352. The average Bonchev–Trinajstić information content (AvgIpc) is 2.85. The fraction of sp³-hybridized carbons (Fsp3) is 0.500. The van der Waals surface area contributed by atoms with Crippen molar-refractivity contribution in [2.45, 2.75) is 39.2 Å². The van der Waals surface area contributed by atoms with Crippen LogP contribution in [0.25, 0.3) is 0 Å². The van der Waals surface area contributed by atoms with Crippen LogP contribution >= 0.6 is 0 Å². The molecule has 0 bridgehead atoms. The van der Waals surface area contributed by atoms with Crippen molar-refractivity contribution in [2.75, 3.05) is 11.4 Å². The fourth-order valence-electron chi connectivity index (χ4n) is 2.80. The maximum absolute atomic E-state index is 4.43. The van der Waals surface area contributed by atoms with E-state index in [4.69, 9.17) is 0 Å². The number of piperidine rings is 1. The molecule has 5 nitrogen and oxygen atoms in total. The summed E-state index contributed by atoms with van der Waals surface area (Å²) in [7, 11) is 0. The molecule has 0 aliphatic carbocycles. The van der Waals surface area contributed by atoms with Crippen molar-refractivity contribution in [3.05, 3.63) is 35.5 Å². The van der Waals surface area contributed by atoms with Gasteiger partial charge in [0, 0.05) is 18.3 Å². The fourth-order valence-corrected chi connectivity index (χ4v) is 2.80. The quantitative estimate of drug-likeness (QED) is 0.898. The van der Waals surface area contributed by atoms with E-state index in [2.05, 4.69) is 38.1 Å². The molecule has 1 unspecified atom stereocenters. The molecule has 1 atom stereocenters. The summed E-state index contributed by atoms with van der Waals surface area (Å²) in [5, 5.41) is 7.31. The summed E-state index contributed by atoms with van der Waals surface area (Å²) in [6.45, 7) is 5.15. The first kappa shape index (κ1) is 12.1. The molecule has 19 heavy (non-hydrogen) atoms. The predicted octanol–water partition coefficient (Wildman–Crippen LogP) is 2.55. The summed E-state index contributed by atoms with van der Waals surface area (Å²) in [5.74, 6) is 1.02. The van der Waals surface area contributed by atoms with Crippen molar-refractivity contribution in [3.63, 3.8) is 0 Å². The Labute approximate surface area is 113 Å². The van der Waals surface area contributed by atoms with Gasteiger partial charge in [-0.3, -0.25) is 5.10 Å². The first-order valence-corrected chi connectivity index (χ1v) is 6.81. The molecule has 100 valence electrons. The third-order valence-corrected chi connectivity index (χ3v) is 3.79. The molecule has 0 amide bonds. The number of hydrogen-bond acceptors (Lipinski definition) is 4. The van der Waals surface area contributed by atoms with E-state index in [9.17, 15) is 0 Å². The van der Waals surface area contributed by atoms with Gasteiger partial charge in [0.1, 0.15) is 12.1 Å². The lowest BCUT2D eigenvalue weighted by molar-refractivity contribution is 0.459. The normalized spacial score (nSPS) is 19.7. The number of H-pyrrole nitrogens is 1. The van der Waals surface area contributed by atoms with E-state index >= 15 is 0 Å². The number of aryl methyl sites for hydroxylation is 2. The summed E-state index contributed by atoms with van der Waals surface area (Å²) in [6, 6.07) is 2.41. The molecule has 0 aromatic carbocycles. The molecule has 2 aromatic rings. The Morgan fingerprint density at radius 2 is 2.16 bits per heavy atom. The largest absolute Gasteiger partial charge is 0.348 e. The maximum atomic E-state index is 4.43. The summed E-state index contributed by atoms with van der Waals surface area (Å²) in [4.78, 5) is 11.0. The number of anilines is 1. The van der Waals surface area contributed by atoms with Crippen molar-refractivity contribution >= 4 is 5.82 Å². The van der Waals surface area contributed by atoms with Crippen LogP contribution in [-0.4, -0.2) is 26.7 Å². The third kappa shape index (κ3) is 2.32. The average molecular weight is 257 g/mol. The van der Waals surface area contributed by atoms with Gasteiger partial charge in [-0.1, -0.05) is 0 Å². The van der Waals surface area contributed by atoms with E-state index in [1.165, 1.54) is 24.1 Å². The van der Waals surface area contributed by atoms with Crippen LogP contribution in [0.15, 0.2) is 18.6 Å². The van der Waals surface area contributed by atoms with Crippen LogP contribution in [0.1, 0.15) is 42.3 Å². The van der Waals surface area contributed by atoms with Gasteiger partial charge < -0.3 is 4.90 Å². The molecule has 0 saturated carbocycles. The highest BCUT2D eigenvalue weighted by molar-refractivity contribution is 5.43. The standard InChI is InChI=1S/C14H19N5/c1-10-8-17-18-14(10)12-5-3-4-6-19(12)13-7-11(2)15-9-16-13/h7-9,12H,3-6H2,1-2H3,(H,17,18). The number of hydrogen-bond donors (Lipinski definition) is 1. The molecular formula is C14H19N5. The van der Waals surface area contributed by atoms with Crippen molar-refractivity contribution in [3.8, 4) is 0 Å². The van der Waals surface area contributed by atoms with Gasteiger partial charge >= 0.3 is 0 Å². The number of nitrogens with one attached hydrogen (secondary N) is 1. The summed E-state index contributed by atoms with van der Waals surface area (Å²) in [6.07, 6.45) is 7.16. The van der Waals surface area contributed by atoms with Gasteiger partial charge in [0.15, 0.2) is 0 Å². The molecule has 3 heterocycles. The van der Waals surface area contributed by atoms with Crippen LogP contribution in [0.2, 0.25) is 0 Å². The molecule has 3 rings (SSSR count). The van der Waals surface area contributed by atoms with E-state index in [-0.39, 0.29) is 0 Å². The van der Waals surface area contributed by atoms with E-state index in [1.807, 2.05) is 13.1 Å². The van der Waals surface area contributed by atoms with Gasteiger partial charge in [0.25, 0.3) is 0 Å². The number of rotatable bonds is 2. The number of aromatic nitrogens is 4. The molecule has 1 aliphatic rings. The van der Waals surface area contributed by atoms with Crippen LogP contribution in [-0.2, 0) is 0 Å². The van der Waals surface area contributed by atoms with Crippen LogP contribution in [0, 0.1) is 13.8 Å². The Kier molecular flexibility index (Phi) is 3.19. The highest BCUT2D eigenvalue weighted by atomic mass is 15.2. The smallest absolute Gasteiger partial charge is 0.132 e. The van der Waals surface area contributed by atoms with E-state index in [1.54, 1.807) is 6.33 Å². The lowest BCUT2D eigenvalue weighted by atomic mass is 9.97. The third-order valence-electron chi connectivity index (χ3n) is 3.79. The molecule has 1 N–H and O–H groups in total. The molecular weight excluding hydrogens is 238 g/mol. The summed E-state index contributed by atoms with van der Waals surface area (Å²) in [5.41, 5.74) is 3.45. The van der Waals surface area contributed by atoms with E-state index < -0.39 is 0 Å². The number of nitrogens with zero attached hydrogens (tertiary/aromatic N) is 4. The topological polar surface area (TPSA) is 57.7 Å². The van der Waals surface area contributed by atoms with Crippen molar-refractivity contribution < 1.29 is 0 Å². The van der Waals surface area contributed by atoms with Crippen LogP contribution in [0.5, 0.6) is 0 Å². The second-order valence-corrected chi connectivity index (χ2v) is 5.19. The van der Waals surface area contributed by atoms with E-state index in [0.717, 1.165) is 24.5 Å². The van der Waals surface area contributed by atoms with Crippen LogP contribution < -0.4 is 4.90 Å². The van der Waals surface area contributed by atoms with Gasteiger partial charge in [0.05, 0.1) is 17.9 Å². The Balaban J connectivity index is 1.96. The molecule has 0 radical (unpaired) electrons. The number of aromatic amines is 1. The molecule has 0 spiro atoms. The van der Waals surface area contributed by atoms with Gasteiger partial charge in [-0.15, -0.1) is 0 Å². The predicted molar refractivity (Wildman–Crippen MR) is 74.0 cm³/mol. The molecule has 1 aliphatic heterocycles. The minimum absolute atomic E-state index is 0.352. The summed E-state index contributed by atoms with van der Waals surface area (Å²) >= 11 is 0. The lowest BCUT2D eigenvalue weighted by Crippen LogP contribution is -2.34. The zero-order chi connectivity index (χ0) is 13.2. The Morgan fingerprint density at radius 1 is 1.26 bits per heavy atom. The molecule has 5 heteroatoms. The Hall–Kier alpha value is -1.91. The second kappa shape index (κ2) is 4.99. The van der Waals surface area contributed by atoms with Crippen molar-refractivity contribution in [1.82, 2.24) is 20.2 Å². The van der Waals surface area contributed by atoms with Crippen molar-refractivity contribution in [1.29, 1.82) is 0 Å². The van der Waals surface area contributed by atoms with Gasteiger partial charge in [0.2, 0.25) is 0 Å². The Bertz CT molecular complexity index is 562. The van der Waals surface area contributed by atoms with Gasteiger partial charge in [-0.05, 0) is 38.7 Å². The first-order chi connectivity index (χ1) is 9.25. The molecule has 1 saturated heterocycles. The maximum Gasteiger partial charge on any atom is 0.132 e. The monoisotopic (exact) mass is 257 g/mol. The highest BCUT2D eigenvalue weighted by Gasteiger charge is 2.27. The zero-order valence-corrected chi connectivity index (χ0v) is 11.4. The minimum Gasteiger partial charge on any atom is -0.348 e. The molecule has 2 aromatic heterocycles. The molecule has 1 fully saturated rings. The van der Waals surface area contributed by atoms with Crippen LogP contribution in [0.3, 0.4) is 0 Å². The SMILES string of the molecule is Cc1cc(N2CCCCC2c2[nH]ncc2C)ncn1. The summed E-state index contributed by atoms with van der Waals surface area (Å²) < 4.78 is 0. The van der Waals surface area contributed by atoms with E-state index in [0.29, 0.717) is 6.04 Å². The van der Waals surface area contributed by atoms with Crippen LogP contribution in [0.4, 0.5) is 5.82 Å². The van der Waals surface area contributed by atoms with Gasteiger partial charge in [-0.2, -0.15) is 5.10 Å². The second-order valence-electron chi connectivity index (χ2n) is 5.19.